The number of hydrogen-bond donors (Lipinski definition) is 1. The number of ether oxygens (including phenoxy) is 1. The number of halogens is 2. The average Bonchev–Trinajstić information content (AvgIpc) is 2.54. The van der Waals surface area contributed by atoms with Gasteiger partial charge in [0.1, 0.15) is 5.75 Å². The zero-order valence-corrected chi connectivity index (χ0v) is 13.8. The molecule has 0 bridgehead atoms. The first kappa shape index (κ1) is 17.3. The summed E-state index contributed by atoms with van der Waals surface area (Å²) in [7, 11) is 0. The van der Waals surface area contributed by atoms with Gasteiger partial charge in [-0.25, -0.2) is 4.79 Å². The van der Waals surface area contributed by atoms with Crippen molar-refractivity contribution in [3.05, 3.63) is 63.1 Å². The maximum Gasteiger partial charge on any atom is 0.336 e. The third-order valence-electron chi connectivity index (χ3n) is 3.12. The van der Waals surface area contributed by atoms with E-state index in [9.17, 15) is 14.7 Å². The minimum atomic E-state index is -1.24. The highest BCUT2D eigenvalue weighted by molar-refractivity contribution is 6.42. The second kappa shape index (κ2) is 7.49. The van der Waals surface area contributed by atoms with Crippen LogP contribution >= 0.6 is 23.2 Å². The Morgan fingerprint density at radius 3 is 2.13 bits per heavy atom. The highest BCUT2D eigenvalue weighted by atomic mass is 35.5. The number of carboxylic acid groups (broad SMARTS) is 1. The van der Waals surface area contributed by atoms with E-state index in [-0.39, 0.29) is 21.2 Å². The molecule has 2 rings (SSSR count). The number of rotatable bonds is 6. The molecule has 4 nitrogen and oxygen atoms in total. The first-order valence-corrected chi connectivity index (χ1v) is 7.69. The van der Waals surface area contributed by atoms with Crippen LogP contribution in [0.1, 0.15) is 39.6 Å². The van der Waals surface area contributed by atoms with E-state index in [1.54, 1.807) is 24.3 Å². The van der Waals surface area contributed by atoms with Gasteiger partial charge in [0.15, 0.2) is 5.78 Å². The maximum absolute atomic E-state index is 12.6. The fourth-order valence-corrected chi connectivity index (χ4v) is 2.32. The van der Waals surface area contributed by atoms with Crippen LogP contribution in [0.25, 0.3) is 0 Å². The molecule has 2 aromatic rings. The van der Waals surface area contributed by atoms with E-state index in [0.29, 0.717) is 17.9 Å². The molecule has 0 heterocycles. The number of hydrogen-bond acceptors (Lipinski definition) is 3. The molecule has 120 valence electrons. The standard InChI is InChI=1S/C17H14Cl2O4/c1-2-7-23-11-5-3-10(4-6-11)16(20)12-8-14(18)15(19)9-13(12)17(21)22/h3-6,8-9H,2,7H2,1H3,(H,21,22). The van der Waals surface area contributed by atoms with Crippen molar-refractivity contribution in [2.45, 2.75) is 13.3 Å². The molecule has 0 aliphatic heterocycles. The predicted molar refractivity (Wildman–Crippen MR) is 89.1 cm³/mol. The van der Waals surface area contributed by atoms with Gasteiger partial charge in [0, 0.05) is 11.1 Å². The summed E-state index contributed by atoms with van der Waals surface area (Å²) in [6.07, 6.45) is 0.881. The van der Waals surface area contributed by atoms with Crippen LogP contribution in [0.4, 0.5) is 0 Å². The summed E-state index contributed by atoms with van der Waals surface area (Å²) < 4.78 is 5.45. The maximum atomic E-state index is 12.6. The molecule has 0 spiro atoms. The summed E-state index contributed by atoms with van der Waals surface area (Å²) >= 11 is 11.7. The normalized spacial score (nSPS) is 10.4. The molecule has 0 fully saturated rings. The van der Waals surface area contributed by atoms with Crippen LogP contribution in [0.5, 0.6) is 5.75 Å². The lowest BCUT2D eigenvalue weighted by Crippen LogP contribution is -2.10. The van der Waals surface area contributed by atoms with E-state index in [0.717, 1.165) is 6.42 Å². The van der Waals surface area contributed by atoms with Crippen LogP contribution in [0, 0.1) is 0 Å². The molecule has 0 aromatic heterocycles. The molecule has 6 heteroatoms. The minimum Gasteiger partial charge on any atom is -0.494 e. The third-order valence-corrected chi connectivity index (χ3v) is 3.85. The van der Waals surface area contributed by atoms with Gasteiger partial charge in [-0.15, -0.1) is 0 Å². The van der Waals surface area contributed by atoms with Crippen molar-refractivity contribution in [3.63, 3.8) is 0 Å². The summed E-state index contributed by atoms with van der Waals surface area (Å²) in [6.45, 7) is 2.58. The summed E-state index contributed by atoms with van der Waals surface area (Å²) in [4.78, 5) is 23.9. The summed E-state index contributed by atoms with van der Waals surface area (Å²) in [6, 6.07) is 8.96. The lowest BCUT2D eigenvalue weighted by Gasteiger charge is -2.09. The van der Waals surface area contributed by atoms with E-state index in [2.05, 4.69) is 0 Å². The topological polar surface area (TPSA) is 63.6 Å². The molecule has 0 amide bonds. The number of carboxylic acids is 1. The lowest BCUT2D eigenvalue weighted by atomic mass is 9.98. The van der Waals surface area contributed by atoms with Crippen LogP contribution in [-0.2, 0) is 0 Å². The number of carbonyl (C=O) groups is 2. The molecule has 0 aliphatic carbocycles. The smallest absolute Gasteiger partial charge is 0.336 e. The largest absolute Gasteiger partial charge is 0.494 e. The number of benzene rings is 2. The molecule has 0 unspecified atom stereocenters. The molecule has 0 saturated heterocycles. The molecule has 0 radical (unpaired) electrons. The van der Waals surface area contributed by atoms with E-state index in [1.807, 2.05) is 6.92 Å². The zero-order valence-electron chi connectivity index (χ0n) is 12.3. The molecular formula is C17H14Cl2O4. The number of carbonyl (C=O) groups excluding carboxylic acids is 1. The SMILES string of the molecule is CCCOc1ccc(C(=O)c2cc(Cl)c(Cl)cc2C(=O)O)cc1. The van der Waals surface area contributed by atoms with Crippen molar-refractivity contribution in [1.29, 1.82) is 0 Å². The van der Waals surface area contributed by atoms with Gasteiger partial charge in [-0.3, -0.25) is 4.79 Å². The molecule has 2 aromatic carbocycles. The van der Waals surface area contributed by atoms with E-state index in [1.165, 1.54) is 12.1 Å². The van der Waals surface area contributed by atoms with Crippen LogP contribution in [0.15, 0.2) is 36.4 Å². The van der Waals surface area contributed by atoms with Gasteiger partial charge >= 0.3 is 5.97 Å². The second-order valence-corrected chi connectivity index (χ2v) is 5.63. The second-order valence-electron chi connectivity index (χ2n) is 4.82. The molecule has 23 heavy (non-hydrogen) atoms. The fraction of sp³-hybridized carbons (Fsp3) is 0.176. The summed E-state index contributed by atoms with van der Waals surface area (Å²) in [5.41, 5.74) is 0.152. The van der Waals surface area contributed by atoms with Gasteiger partial charge < -0.3 is 9.84 Å². The summed E-state index contributed by atoms with van der Waals surface area (Å²) in [5, 5.41) is 9.46. The van der Waals surface area contributed by atoms with Crippen molar-refractivity contribution in [2.75, 3.05) is 6.61 Å². The lowest BCUT2D eigenvalue weighted by molar-refractivity contribution is 0.0693. The Balaban J connectivity index is 2.36. The number of aromatic carboxylic acids is 1. The first-order chi connectivity index (χ1) is 10.9. The number of ketones is 1. The molecule has 0 saturated carbocycles. The molecule has 1 N–H and O–H groups in total. The Morgan fingerprint density at radius 1 is 1.04 bits per heavy atom. The van der Waals surface area contributed by atoms with Crippen LogP contribution in [0.2, 0.25) is 10.0 Å². The third kappa shape index (κ3) is 4.03. The monoisotopic (exact) mass is 352 g/mol. The highest BCUT2D eigenvalue weighted by Crippen LogP contribution is 2.28. The van der Waals surface area contributed by atoms with Gasteiger partial charge in [-0.1, -0.05) is 30.1 Å². The minimum absolute atomic E-state index is 0.00544. The quantitative estimate of drug-likeness (QED) is 0.764. The fourth-order valence-electron chi connectivity index (χ4n) is 1.99. The predicted octanol–water partition coefficient (Wildman–Crippen LogP) is 4.71. The van der Waals surface area contributed by atoms with Gasteiger partial charge in [0.2, 0.25) is 0 Å². The Bertz CT molecular complexity index is 739. The van der Waals surface area contributed by atoms with Crippen molar-refractivity contribution < 1.29 is 19.4 Å². The molecule has 0 atom stereocenters. The zero-order chi connectivity index (χ0) is 17.0. The average molecular weight is 353 g/mol. The van der Waals surface area contributed by atoms with Crippen molar-refractivity contribution in [2.24, 2.45) is 0 Å². The van der Waals surface area contributed by atoms with Crippen LogP contribution in [0.3, 0.4) is 0 Å². The van der Waals surface area contributed by atoms with Gasteiger partial charge in [-0.05, 0) is 42.8 Å². The van der Waals surface area contributed by atoms with Gasteiger partial charge in [0.25, 0.3) is 0 Å². The van der Waals surface area contributed by atoms with Crippen LogP contribution in [-0.4, -0.2) is 23.5 Å². The molecular weight excluding hydrogens is 339 g/mol. The Hall–Kier alpha value is -2.04. The van der Waals surface area contributed by atoms with E-state index in [4.69, 9.17) is 27.9 Å². The van der Waals surface area contributed by atoms with Crippen molar-refractivity contribution in [1.82, 2.24) is 0 Å². The van der Waals surface area contributed by atoms with Gasteiger partial charge in [0.05, 0.1) is 22.2 Å². The van der Waals surface area contributed by atoms with E-state index < -0.39 is 11.8 Å². The Kier molecular flexibility index (Phi) is 5.64. The van der Waals surface area contributed by atoms with Gasteiger partial charge in [-0.2, -0.15) is 0 Å². The van der Waals surface area contributed by atoms with Crippen LogP contribution < -0.4 is 4.74 Å². The molecule has 0 aliphatic rings. The van der Waals surface area contributed by atoms with E-state index >= 15 is 0 Å². The Labute approximate surface area is 143 Å². The first-order valence-electron chi connectivity index (χ1n) is 6.94. The van der Waals surface area contributed by atoms with Crippen molar-refractivity contribution in [3.8, 4) is 5.75 Å². The Morgan fingerprint density at radius 2 is 1.61 bits per heavy atom. The van der Waals surface area contributed by atoms with Crippen molar-refractivity contribution >= 4 is 35.0 Å². The summed E-state index contributed by atoms with van der Waals surface area (Å²) in [5.74, 6) is -1.03. The highest BCUT2D eigenvalue weighted by Gasteiger charge is 2.20.